The number of hydrogen-bond acceptors (Lipinski definition) is 4. The van der Waals surface area contributed by atoms with Gasteiger partial charge >= 0.3 is 13.9 Å². The van der Waals surface area contributed by atoms with Gasteiger partial charge in [0.15, 0.2) is 0 Å². The van der Waals surface area contributed by atoms with Gasteiger partial charge in [-0.2, -0.15) is 0 Å². The quantitative estimate of drug-likeness (QED) is 0.528. The molecule has 0 bridgehead atoms. The second kappa shape index (κ2) is 10.6. The molecule has 3 N–H and O–H groups in total. The first kappa shape index (κ1) is 24.4. The van der Waals surface area contributed by atoms with E-state index in [0.717, 1.165) is 36.4 Å². The lowest BCUT2D eigenvalue weighted by molar-refractivity contribution is 0.104. The van der Waals surface area contributed by atoms with Crippen LogP contribution in [0.3, 0.4) is 0 Å². The maximum absolute atomic E-state index is 12.0. The van der Waals surface area contributed by atoms with Crippen LogP contribution in [0.1, 0.15) is 42.1 Å². The number of ether oxygens (including phenoxy) is 1. The smallest absolute Gasteiger partial charge is 0.450 e. The van der Waals surface area contributed by atoms with E-state index < -0.39 is 7.82 Å². The normalized spacial score (nSPS) is 15.7. The highest BCUT2D eigenvalue weighted by Crippen LogP contribution is 2.38. The van der Waals surface area contributed by atoms with Crippen LogP contribution in [0.15, 0.2) is 42.1 Å². The average Bonchev–Trinajstić information content (AvgIpc) is 2.89. The first-order valence-electron chi connectivity index (χ1n) is 10.3. The van der Waals surface area contributed by atoms with Crippen molar-refractivity contribution in [2.45, 2.75) is 32.6 Å². The van der Waals surface area contributed by atoms with Crippen molar-refractivity contribution in [3.63, 3.8) is 0 Å². The predicted molar refractivity (Wildman–Crippen MR) is 121 cm³/mol. The Kier molecular flexibility index (Phi) is 8.09. The number of likely N-dealkylation sites (tertiary alicyclic amines) is 1. The Labute approximate surface area is 191 Å². The summed E-state index contributed by atoms with van der Waals surface area (Å²) in [5, 5.41) is 0.772. The third kappa shape index (κ3) is 6.40. The van der Waals surface area contributed by atoms with Crippen LogP contribution in [0.2, 0.25) is 5.02 Å². The number of phosphoric acid groups is 1. The first-order valence-corrected chi connectivity index (χ1v) is 12.3. The number of amides is 1. The van der Waals surface area contributed by atoms with Crippen molar-refractivity contribution in [3.05, 3.63) is 69.5 Å². The van der Waals surface area contributed by atoms with Gasteiger partial charge in [0.2, 0.25) is 0 Å². The molecular weight excluding hydrogens is 455 g/mol. The number of aromatic nitrogens is 1. The van der Waals surface area contributed by atoms with Crippen LogP contribution in [0.25, 0.3) is 5.57 Å². The van der Waals surface area contributed by atoms with Crippen molar-refractivity contribution in [2.75, 3.05) is 19.7 Å². The van der Waals surface area contributed by atoms with Crippen molar-refractivity contribution in [1.29, 1.82) is 0 Å². The fourth-order valence-corrected chi connectivity index (χ4v) is 4.25. The minimum Gasteiger partial charge on any atom is -0.450 e. The third-order valence-electron chi connectivity index (χ3n) is 5.37. The van der Waals surface area contributed by atoms with Gasteiger partial charge in [-0.3, -0.25) is 4.98 Å². The summed E-state index contributed by atoms with van der Waals surface area (Å²) in [7, 11) is -4.64. The van der Waals surface area contributed by atoms with Gasteiger partial charge in [0.05, 0.1) is 12.3 Å². The molecule has 1 aromatic heterocycles. The zero-order valence-corrected chi connectivity index (χ0v) is 19.4. The van der Waals surface area contributed by atoms with E-state index >= 15 is 0 Å². The largest absolute Gasteiger partial charge is 0.466 e. The van der Waals surface area contributed by atoms with Crippen LogP contribution in [0, 0.1) is 0 Å². The highest BCUT2D eigenvalue weighted by Gasteiger charge is 2.26. The van der Waals surface area contributed by atoms with Crippen molar-refractivity contribution in [3.8, 4) is 0 Å². The highest BCUT2D eigenvalue weighted by molar-refractivity contribution is 7.45. The number of nitrogens with zero attached hydrogens (tertiary/aromatic N) is 2. The number of carbonyl (C=O) groups is 1. The van der Waals surface area contributed by atoms with E-state index in [2.05, 4.69) is 18.2 Å². The fraction of sp³-hybridized carbons (Fsp3) is 0.364. The summed E-state index contributed by atoms with van der Waals surface area (Å²) in [5.41, 5.74) is 7.46. The zero-order chi connectivity index (χ0) is 23.3. The third-order valence-corrected chi connectivity index (χ3v) is 5.61. The lowest BCUT2D eigenvalue weighted by Crippen LogP contribution is -2.37. The summed E-state index contributed by atoms with van der Waals surface area (Å²) in [6.45, 7) is 3.62. The Morgan fingerprint density at radius 3 is 2.44 bits per heavy atom. The molecule has 10 heteroatoms. The fourth-order valence-electron chi connectivity index (χ4n) is 4.06. The van der Waals surface area contributed by atoms with Crippen LogP contribution in [-0.4, -0.2) is 50.4 Å². The molecule has 0 saturated carbocycles. The number of hydrogen-bond donors (Lipinski definition) is 3. The Bertz CT molecular complexity index is 1050. The van der Waals surface area contributed by atoms with Crippen molar-refractivity contribution in [1.82, 2.24) is 9.88 Å². The summed E-state index contributed by atoms with van der Waals surface area (Å²) < 4.78 is 14.0. The van der Waals surface area contributed by atoms with Gasteiger partial charge in [0.1, 0.15) is 0 Å². The molecule has 0 unspecified atom stereocenters. The monoisotopic (exact) mass is 480 g/mol. The molecular formula is C22H26ClN2O6P. The molecule has 2 aromatic rings. The number of carbonyl (C=O) groups excluding carboxylic acids is 1. The molecule has 4 rings (SSSR count). The number of fused-ring (bicyclic) bond motifs is 2. The number of rotatable bonds is 1. The van der Waals surface area contributed by atoms with Gasteiger partial charge in [0.25, 0.3) is 0 Å². The van der Waals surface area contributed by atoms with Gasteiger partial charge in [-0.15, -0.1) is 0 Å². The van der Waals surface area contributed by atoms with Gasteiger partial charge in [0, 0.05) is 29.9 Å². The second-order valence-corrected chi connectivity index (χ2v) is 8.95. The molecule has 2 heterocycles. The molecule has 172 valence electrons. The van der Waals surface area contributed by atoms with Crippen LogP contribution in [0.5, 0.6) is 0 Å². The van der Waals surface area contributed by atoms with E-state index in [-0.39, 0.29) is 6.09 Å². The van der Waals surface area contributed by atoms with E-state index in [1.807, 2.05) is 25.3 Å². The molecule has 1 aromatic carbocycles. The molecule has 32 heavy (non-hydrogen) atoms. The summed E-state index contributed by atoms with van der Waals surface area (Å²) in [4.78, 5) is 40.1. The topological polar surface area (TPSA) is 120 Å². The summed E-state index contributed by atoms with van der Waals surface area (Å²) >= 11 is 6.27. The van der Waals surface area contributed by atoms with E-state index in [0.29, 0.717) is 19.7 Å². The number of benzene rings is 1. The maximum Gasteiger partial charge on any atom is 0.466 e. The maximum atomic E-state index is 12.0. The molecule has 8 nitrogen and oxygen atoms in total. The van der Waals surface area contributed by atoms with E-state index in [4.69, 9.17) is 40.6 Å². The molecule has 1 fully saturated rings. The molecule has 1 saturated heterocycles. The summed E-state index contributed by atoms with van der Waals surface area (Å²) in [6.07, 6.45) is 5.25. The number of aryl methyl sites for hydroxylation is 2. The second-order valence-electron chi connectivity index (χ2n) is 7.49. The highest BCUT2D eigenvalue weighted by atomic mass is 35.5. The lowest BCUT2D eigenvalue weighted by Gasteiger charge is -2.29. The molecule has 1 amide bonds. The van der Waals surface area contributed by atoms with Crippen LogP contribution >= 0.6 is 19.4 Å². The van der Waals surface area contributed by atoms with Crippen LogP contribution in [-0.2, 0) is 22.1 Å². The van der Waals surface area contributed by atoms with E-state index in [1.165, 1.54) is 27.8 Å². The van der Waals surface area contributed by atoms with Gasteiger partial charge in [-0.05, 0) is 67.5 Å². The molecule has 0 radical (unpaired) electrons. The number of piperidine rings is 1. The predicted octanol–water partition coefficient (Wildman–Crippen LogP) is 3.96. The van der Waals surface area contributed by atoms with Crippen molar-refractivity contribution in [2.24, 2.45) is 0 Å². The van der Waals surface area contributed by atoms with E-state index in [1.54, 1.807) is 4.90 Å². The molecule has 0 spiro atoms. The molecule has 0 atom stereocenters. The zero-order valence-electron chi connectivity index (χ0n) is 17.7. The minimum absolute atomic E-state index is 0.215. The SMILES string of the molecule is CCOC(=O)N1CCC(=C2c3ccc(Cl)cc3CCc3cccnc32)CC1.O=P(O)(O)O. The van der Waals surface area contributed by atoms with Crippen molar-refractivity contribution >= 4 is 31.1 Å². The number of pyridine rings is 1. The number of halogens is 1. The minimum atomic E-state index is -4.64. The van der Waals surface area contributed by atoms with Crippen LogP contribution < -0.4 is 0 Å². The van der Waals surface area contributed by atoms with Crippen molar-refractivity contribution < 1.29 is 28.8 Å². The summed E-state index contributed by atoms with van der Waals surface area (Å²) in [6, 6.07) is 10.3. The Balaban J connectivity index is 0.000000523. The summed E-state index contributed by atoms with van der Waals surface area (Å²) in [5.74, 6) is 0. The Hall–Kier alpha value is -2.22. The molecule has 1 aliphatic carbocycles. The molecule has 2 aliphatic rings. The lowest BCUT2D eigenvalue weighted by atomic mass is 9.88. The van der Waals surface area contributed by atoms with Gasteiger partial charge < -0.3 is 24.3 Å². The standard InChI is InChI=1S/C22H23ClN2O2.H3O4P/c1-2-27-22(26)25-12-9-15(10-13-25)20-19-8-7-18(23)14-17(19)6-5-16-4-3-11-24-21(16)20;1-5(2,3)4/h3-4,7-8,11,14H,2,5-6,9-10,12-13H2,1H3;(H3,1,2,3,4). The Morgan fingerprint density at radius 2 is 1.78 bits per heavy atom. The van der Waals surface area contributed by atoms with Crippen LogP contribution in [0.4, 0.5) is 4.79 Å². The van der Waals surface area contributed by atoms with Gasteiger partial charge in [-0.1, -0.05) is 29.3 Å². The van der Waals surface area contributed by atoms with Gasteiger partial charge in [-0.25, -0.2) is 9.36 Å². The Morgan fingerprint density at radius 1 is 1.12 bits per heavy atom. The molecule has 1 aliphatic heterocycles. The first-order chi connectivity index (χ1) is 15.2. The average molecular weight is 481 g/mol. The van der Waals surface area contributed by atoms with E-state index in [9.17, 15) is 4.79 Å².